The molecule has 2 rings (SSSR count). The Balaban J connectivity index is 2.61. The Labute approximate surface area is 79.0 Å². The van der Waals surface area contributed by atoms with E-state index in [1.165, 1.54) is 24.5 Å². The smallest absolute Gasteiger partial charge is 0.151 e. The van der Waals surface area contributed by atoms with Crippen LogP contribution >= 0.6 is 0 Å². The van der Waals surface area contributed by atoms with Gasteiger partial charge in [0.15, 0.2) is 11.6 Å². The number of benzene rings is 1. The summed E-state index contributed by atoms with van der Waals surface area (Å²) in [6, 6.07) is 3.66. The number of hydrogen-bond donors (Lipinski definition) is 0. The number of nitrogens with zero attached hydrogens (tertiary/aromatic N) is 3. The van der Waals surface area contributed by atoms with Crippen LogP contribution in [0.5, 0.6) is 0 Å². The number of rotatable bonds is 1. The predicted molar refractivity (Wildman–Crippen MR) is 46.0 cm³/mol. The van der Waals surface area contributed by atoms with Gasteiger partial charge in [-0.15, -0.1) is 0 Å². The van der Waals surface area contributed by atoms with Crippen LogP contribution < -0.4 is 0 Å². The third-order valence-corrected chi connectivity index (χ3v) is 1.77. The van der Waals surface area contributed by atoms with Gasteiger partial charge in [-0.3, -0.25) is 0 Å². The van der Waals surface area contributed by atoms with Crippen LogP contribution in [-0.2, 0) is 0 Å². The molecule has 72 valence electrons. The van der Waals surface area contributed by atoms with E-state index in [0.29, 0.717) is 5.82 Å². The molecule has 1 aromatic carbocycles. The van der Waals surface area contributed by atoms with Crippen LogP contribution in [0, 0.1) is 18.6 Å². The molecule has 0 unspecified atom stereocenters. The number of hydrogen-bond acceptors (Lipinski definition) is 2. The van der Waals surface area contributed by atoms with E-state index in [9.17, 15) is 8.78 Å². The molecule has 0 atom stereocenters. The van der Waals surface area contributed by atoms with Crippen molar-refractivity contribution in [2.45, 2.75) is 6.92 Å². The molecule has 1 heterocycles. The molecule has 0 spiro atoms. The van der Waals surface area contributed by atoms with E-state index in [-0.39, 0.29) is 5.69 Å². The maximum absolute atomic E-state index is 13.2. The molecule has 0 amide bonds. The molecular formula is C9H7F2N3. The third kappa shape index (κ3) is 1.37. The first-order valence-electron chi connectivity index (χ1n) is 4.01. The van der Waals surface area contributed by atoms with E-state index in [1.807, 2.05) is 0 Å². The Hall–Kier alpha value is -1.78. The van der Waals surface area contributed by atoms with Gasteiger partial charge in [-0.05, 0) is 19.1 Å². The zero-order valence-electron chi connectivity index (χ0n) is 7.41. The summed E-state index contributed by atoms with van der Waals surface area (Å²) in [5.41, 5.74) is -0.201. The molecule has 3 nitrogen and oxygen atoms in total. The molecule has 1 aromatic heterocycles. The highest BCUT2D eigenvalue weighted by molar-refractivity contribution is 5.33. The minimum absolute atomic E-state index is 0.201. The number of aryl methyl sites for hydroxylation is 1. The lowest BCUT2D eigenvalue weighted by Crippen LogP contribution is -2.01. The van der Waals surface area contributed by atoms with Gasteiger partial charge in [0.25, 0.3) is 0 Å². The highest BCUT2D eigenvalue weighted by Gasteiger charge is 2.11. The van der Waals surface area contributed by atoms with E-state index < -0.39 is 11.6 Å². The van der Waals surface area contributed by atoms with E-state index >= 15 is 0 Å². The fourth-order valence-electron chi connectivity index (χ4n) is 1.16. The molecule has 0 N–H and O–H groups in total. The first-order valence-corrected chi connectivity index (χ1v) is 4.01. The van der Waals surface area contributed by atoms with Gasteiger partial charge in [0, 0.05) is 0 Å². The Kier molecular flexibility index (Phi) is 1.99. The monoisotopic (exact) mass is 195 g/mol. The van der Waals surface area contributed by atoms with Gasteiger partial charge in [-0.1, -0.05) is 6.07 Å². The van der Waals surface area contributed by atoms with Crippen molar-refractivity contribution >= 4 is 0 Å². The van der Waals surface area contributed by atoms with E-state index in [2.05, 4.69) is 10.1 Å². The Morgan fingerprint density at radius 2 is 1.86 bits per heavy atom. The van der Waals surface area contributed by atoms with Gasteiger partial charge >= 0.3 is 0 Å². The minimum atomic E-state index is -0.658. The van der Waals surface area contributed by atoms with E-state index in [0.717, 1.165) is 4.68 Å². The van der Waals surface area contributed by atoms with Crippen molar-refractivity contribution in [3.05, 3.63) is 42.0 Å². The van der Waals surface area contributed by atoms with Crippen LogP contribution in [0.4, 0.5) is 8.78 Å². The number of para-hydroxylation sites is 1. The summed E-state index contributed by atoms with van der Waals surface area (Å²) >= 11 is 0. The molecule has 0 aliphatic rings. The minimum Gasteiger partial charge on any atom is -0.220 e. The summed E-state index contributed by atoms with van der Waals surface area (Å²) in [7, 11) is 0. The molecule has 0 radical (unpaired) electrons. The zero-order chi connectivity index (χ0) is 10.1. The molecule has 0 saturated heterocycles. The van der Waals surface area contributed by atoms with Gasteiger partial charge in [0.1, 0.15) is 17.8 Å². The molecule has 14 heavy (non-hydrogen) atoms. The molecule has 0 saturated carbocycles. The fourth-order valence-corrected chi connectivity index (χ4v) is 1.16. The average molecular weight is 195 g/mol. The lowest BCUT2D eigenvalue weighted by atomic mass is 10.3. The number of halogens is 2. The molecule has 2 aromatic rings. The summed E-state index contributed by atoms with van der Waals surface area (Å²) in [4.78, 5) is 3.79. The molecule has 0 fully saturated rings. The van der Waals surface area contributed by atoms with Gasteiger partial charge in [-0.2, -0.15) is 5.10 Å². The first kappa shape index (κ1) is 8.80. The van der Waals surface area contributed by atoms with Crippen molar-refractivity contribution in [1.29, 1.82) is 0 Å². The van der Waals surface area contributed by atoms with Crippen molar-refractivity contribution in [1.82, 2.24) is 14.8 Å². The van der Waals surface area contributed by atoms with Crippen LogP contribution in [0.1, 0.15) is 5.82 Å². The Morgan fingerprint density at radius 3 is 2.36 bits per heavy atom. The van der Waals surface area contributed by atoms with Crippen LogP contribution in [0.2, 0.25) is 0 Å². The lowest BCUT2D eigenvalue weighted by Gasteiger charge is -2.02. The van der Waals surface area contributed by atoms with Crippen LogP contribution in [0.25, 0.3) is 5.69 Å². The summed E-state index contributed by atoms with van der Waals surface area (Å²) in [5.74, 6) is -0.850. The Morgan fingerprint density at radius 1 is 1.21 bits per heavy atom. The maximum atomic E-state index is 13.2. The van der Waals surface area contributed by atoms with E-state index in [1.54, 1.807) is 6.92 Å². The summed E-state index contributed by atoms with van der Waals surface area (Å²) in [6.45, 7) is 1.65. The maximum Gasteiger partial charge on any atom is 0.151 e. The second-order valence-electron chi connectivity index (χ2n) is 2.81. The fraction of sp³-hybridized carbons (Fsp3) is 0.111. The van der Waals surface area contributed by atoms with Gasteiger partial charge in [0.2, 0.25) is 0 Å². The standard InChI is InChI=1S/C9H7F2N3/c1-6-12-5-14(13-6)9-7(10)3-2-4-8(9)11/h2-5H,1H3. The molecule has 0 aliphatic carbocycles. The second kappa shape index (κ2) is 3.17. The number of aromatic nitrogens is 3. The lowest BCUT2D eigenvalue weighted by molar-refractivity contribution is 0.559. The normalized spacial score (nSPS) is 10.5. The average Bonchev–Trinajstić information content (AvgIpc) is 2.51. The van der Waals surface area contributed by atoms with Crippen molar-refractivity contribution < 1.29 is 8.78 Å². The first-order chi connectivity index (χ1) is 6.68. The largest absolute Gasteiger partial charge is 0.220 e. The molecular weight excluding hydrogens is 188 g/mol. The van der Waals surface area contributed by atoms with Crippen LogP contribution in [0.15, 0.2) is 24.5 Å². The molecule has 0 bridgehead atoms. The van der Waals surface area contributed by atoms with Crippen molar-refractivity contribution in [2.24, 2.45) is 0 Å². The van der Waals surface area contributed by atoms with Gasteiger partial charge in [-0.25, -0.2) is 18.4 Å². The van der Waals surface area contributed by atoms with Gasteiger partial charge < -0.3 is 0 Å². The molecule has 5 heteroatoms. The molecule has 0 aliphatic heterocycles. The van der Waals surface area contributed by atoms with Crippen molar-refractivity contribution in [3.8, 4) is 5.69 Å². The SMILES string of the molecule is Cc1ncn(-c2c(F)cccc2F)n1. The highest BCUT2D eigenvalue weighted by Crippen LogP contribution is 2.15. The van der Waals surface area contributed by atoms with Crippen molar-refractivity contribution in [2.75, 3.05) is 0 Å². The highest BCUT2D eigenvalue weighted by atomic mass is 19.1. The second-order valence-corrected chi connectivity index (χ2v) is 2.81. The van der Waals surface area contributed by atoms with E-state index in [4.69, 9.17) is 0 Å². The topological polar surface area (TPSA) is 30.7 Å². The summed E-state index contributed by atoms with van der Waals surface area (Å²) in [5, 5.41) is 3.83. The van der Waals surface area contributed by atoms with Gasteiger partial charge in [0.05, 0.1) is 0 Å². The summed E-state index contributed by atoms with van der Waals surface area (Å²) in [6.07, 6.45) is 1.27. The third-order valence-electron chi connectivity index (χ3n) is 1.77. The quantitative estimate of drug-likeness (QED) is 0.695. The zero-order valence-corrected chi connectivity index (χ0v) is 7.41. The Bertz CT molecular complexity index is 445. The van der Waals surface area contributed by atoms with Crippen molar-refractivity contribution in [3.63, 3.8) is 0 Å². The van der Waals surface area contributed by atoms with Crippen LogP contribution in [0.3, 0.4) is 0 Å². The van der Waals surface area contributed by atoms with Crippen LogP contribution in [-0.4, -0.2) is 14.8 Å². The predicted octanol–water partition coefficient (Wildman–Crippen LogP) is 1.85. The summed E-state index contributed by atoms with van der Waals surface area (Å²) < 4.78 is 27.5.